The van der Waals surface area contributed by atoms with Crippen LogP contribution < -0.4 is 19.5 Å². The first-order valence-corrected chi connectivity index (χ1v) is 9.93. The topological polar surface area (TPSA) is 80.3 Å². The number of fused-ring (bicyclic) bond motifs is 1. The van der Waals surface area contributed by atoms with E-state index in [2.05, 4.69) is 5.32 Å². The molecular weight excluding hydrogens is 386 g/mol. The molecule has 8 heteroatoms. The third kappa shape index (κ3) is 4.12. The number of ether oxygens (including phenoxy) is 3. The second kappa shape index (κ2) is 8.52. The lowest BCUT2D eigenvalue weighted by atomic mass is 10.2. The van der Waals surface area contributed by atoms with Crippen LogP contribution in [0.3, 0.4) is 0 Å². The van der Waals surface area contributed by atoms with E-state index in [4.69, 9.17) is 14.2 Å². The van der Waals surface area contributed by atoms with Crippen LogP contribution >= 0.6 is 0 Å². The van der Waals surface area contributed by atoms with Crippen molar-refractivity contribution in [3.8, 4) is 17.2 Å². The highest BCUT2D eigenvalue weighted by Crippen LogP contribution is 2.31. The SMILES string of the molecule is COc1ccc(C)cc1NC(=O)N1CCN(C(=O)C2COc3ccccc3O2)CC1. The molecule has 0 saturated carbocycles. The highest BCUT2D eigenvalue weighted by molar-refractivity contribution is 5.91. The van der Waals surface area contributed by atoms with Crippen LogP contribution in [0, 0.1) is 6.92 Å². The minimum Gasteiger partial charge on any atom is -0.495 e. The second-order valence-electron chi connectivity index (χ2n) is 7.31. The van der Waals surface area contributed by atoms with Gasteiger partial charge < -0.3 is 29.3 Å². The summed E-state index contributed by atoms with van der Waals surface area (Å²) < 4.78 is 16.8. The maximum absolute atomic E-state index is 12.8. The summed E-state index contributed by atoms with van der Waals surface area (Å²) in [6.07, 6.45) is -0.670. The molecule has 2 aliphatic heterocycles. The van der Waals surface area contributed by atoms with Crippen molar-refractivity contribution in [2.45, 2.75) is 13.0 Å². The highest BCUT2D eigenvalue weighted by Gasteiger charge is 2.33. The summed E-state index contributed by atoms with van der Waals surface area (Å²) in [6.45, 7) is 3.90. The van der Waals surface area contributed by atoms with Crippen LogP contribution in [-0.4, -0.2) is 67.7 Å². The normalized spacial score (nSPS) is 18.0. The molecule has 1 unspecified atom stereocenters. The summed E-state index contributed by atoms with van der Waals surface area (Å²) in [5.74, 6) is 1.71. The minimum absolute atomic E-state index is 0.120. The van der Waals surface area contributed by atoms with E-state index in [-0.39, 0.29) is 18.5 Å². The first kappa shape index (κ1) is 19.9. The molecule has 3 amide bonds. The van der Waals surface area contributed by atoms with Crippen LogP contribution in [0.15, 0.2) is 42.5 Å². The summed E-state index contributed by atoms with van der Waals surface area (Å²) in [4.78, 5) is 28.9. The standard InChI is InChI=1S/C22H25N3O5/c1-15-7-8-17(28-2)16(13-15)23-22(27)25-11-9-24(10-12-25)21(26)20-14-29-18-5-3-4-6-19(18)30-20/h3-8,13,20H,9-12,14H2,1-2H3,(H,23,27). The molecule has 1 saturated heterocycles. The van der Waals surface area contributed by atoms with Crippen LogP contribution in [0.5, 0.6) is 17.2 Å². The first-order valence-electron chi connectivity index (χ1n) is 9.93. The van der Waals surface area contributed by atoms with Gasteiger partial charge in [-0.05, 0) is 36.8 Å². The van der Waals surface area contributed by atoms with Gasteiger partial charge in [0, 0.05) is 26.2 Å². The Morgan fingerprint density at radius 2 is 1.73 bits per heavy atom. The van der Waals surface area contributed by atoms with E-state index < -0.39 is 6.10 Å². The Bertz CT molecular complexity index is 940. The molecule has 0 aromatic heterocycles. The fourth-order valence-corrected chi connectivity index (χ4v) is 3.59. The Labute approximate surface area is 175 Å². The number of anilines is 1. The number of urea groups is 1. The summed E-state index contributed by atoms with van der Waals surface area (Å²) in [5, 5.41) is 2.90. The van der Waals surface area contributed by atoms with Crippen molar-refractivity contribution < 1.29 is 23.8 Å². The van der Waals surface area contributed by atoms with Gasteiger partial charge in [-0.1, -0.05) is 18.2 Å². The molecule has 30 heavy (non-hydrogen) atoms. The predicted molar refractivity (Wildman–Crippen MR) is 111 cm³/mol. The smallest absolute Gasteiger partial charge is 0.322 e. The van der Waals surface area contributed by atoms with Gasteiger partial charge in [0.05, 0.1) is 12.8 Å². The second-order valence-corrected chi connectivity index (χ2v) is 7.31. The molecule has 1 atom stereocenters. The van der Waals surface area contributed by atoms with Gasteiger partial charge in [0.25, 0.3) is 5.91 Å². The number of benzene rings is 2. The average molecular weight is 411 g/mol. The van der Waals surface area contributed by atoms with E-state index in [0.29, 0.717) is 49.1 Å². The molecule has 0 aliphatic carbocycles. The molecule has 0 bridgehead atoms. The van der Waals surface area contributed by atoms with Crippen molar-refractivity contribution in [1.29, 1.82) is 0 Å². The number of amides is 3. The number of aryl methyl sites for hydroxylation is 1. The van der Waals surface area contributed by atoms with Crippen LogP contribution in [0.2, 0.25) is 0 Å². The molecule has 2 aromatic rings. The lowest BCUT2D eigenvalue weighted by Crippen LogP contribution is -2.55. The Balaban J connectivity index is 1.32. The van der Waals surface area contributed by atoms with Gasteiger partial charge in [-0.2, -0.15) is 0 Å². The number of methoxy groups -OCH3 is 1. The molecule has 0 spiro atoms. The zero-order chi connectivity index (χ0) is 21.1. The molecule has 2 heterocycles. The average Bonchev–Trinajstić information content (AvgIpc) is 2.78. The Kier molecular flexibility index (Phi) is 5.65. The largest absolute Gasteiger partial charge is 0.495 e. The molecular formula is C22H25N3O5. The first-order chi connectivity index (χ1) is 14.5. The zero-order valence-corrected chi connectivity index (χ0v) is 17.1. The zero-order valence-electron chi connectivity index (χ0n) is 17.1. The van der Waals surface area contributed by atoms with Crippen LogP contribution in [0.1, 0.15) is 5.56 Å². The maximum atomic E-state index is 12.8. The summed E-state index contributed by atoms with van der Waals surface area (Å²) >= 11 is 0. The fourth-order valence-electron chi connectivity index (χ4n) is 3.59. The van der Waals surface area contributed by atoms with Gasteiger partial charge in [0.1, 0.15) is 12.4 Å². The minimum atomic E-state index is -0.670. The van der Waals surface area contributed by atoms with E-state index in [1.165, 1.54) is 0 Å². The van der Waals surface area contributed by atoms with Gasteiger partial charge in [-0.3, -0.25) is 4.79 Å². The molecule has 0 radical (unpaired) electrons. The van der Waals surface area contributed by atoms with Gasteiger partial charge >= 0.3 is 6.03 Å². The molecule has 8 nitrogen and oxygen atoms in total. The maximum Gasteiger partial charge on any atom is 0.322 e. The third-order valence-electron chi connectivity index (χ3n) is 5.26. The van der Waals surface area contributed by atoms with Crippen molar-refractivity contribution in [3.63, 3.8) is 0 Å². The van der Waals surface area contributed by atoms with Gasteiger partial charge in [-0.15, -0.1) is 0 Å². The lowest BCUT2D eigenvalue weighted by molar-refractivity contribution is -0.142. The number of piperazine rings is 1. The van der Waals surface area contributed by atoms with Crippen molar-refractivity contribution in [2.75, 3.05) is 45.2 Å². The van der Waals surface area contributed by atoms with Crippen molar-refractivity contribution in [3.05, 3.63) is 48.0 Å². The quantitative estimate of drug-likeness (QED) is 0.840. The van der Waals surface area contributed by atoms with E-state index in [1.807, 2.05) is 43.3 Å². The van der Waals surface area contributed by atoms with E-state index >= 15 is 0 Å². The van der Waals surface area contributed by atoms with Gasteiger partial charge in [-0.25, -0.2) is 4.79 Å². The van der Waals surface area contributed by atoms with Gasteiger partial charge in [0.15, 0.2) is 11.5 Å². The van der Waals surface area contributed by atoms with Crippen molar-refractivity contribution in [2.24, 2.45) is 0 Å². The summed E-state index contributed by atoms with van der Waals surface area (Å²) in [7, 11) is 1.57. The van der Waals surface area contributed by atoms with Gasteiger partial charge in [0.2, 0.25) is 6.10 Å². The number of nitrogens with one attached hydrogen (secondary N) is 1. The van der Waals surface area contributed by atoms with E-state index in [0.717, 1.165) is 5.56 Å². The summed E-state index contributed by atoms with van der Waals surface area (Å²) in [6, 6.07) is 12.7. The van der Waals surface area contributed by atoms with Crippen LogP contribution in [-0.2, 0) is 4.79 Å². The van der Waals surface area contributed by atoms with E-state index in [9.17, 15) is 9.59 Å². The molecule has 2 aromatic carbocycles. The number of carbonyl (C=O) groups excluding carboxylic acids is 2. The number of nitrogens with zero attached hydrogens (tertiary/aromatic N) is 2. The Hall–Kier alpha value is -3.42. The van der Waals surface area contributed by atoms with Crippen LogP contribution in [0.25, 0.3) is 0 Å². The third-order valence-corrected chi connectivity index (χ3v) is 5.26. The monoisotopic (exact) mass is 411 g/mol. The molecule has 1 N–H and O–H groups in total. The molecule has 158 valence electrons. The molecule has 4 rings (SSSR count). The molecule has 2 aliphatic rings. The van der Waals surface area contributed by atoms with Crippen LogP contribution in [0.4, 0.5) is 10.5 Å². The van der Waals surface area contributed by atoms with Crippen molar-refractivity contribution in [1.82, 2.24) is 9.80 Å². The predicted octanol–water partition coefficient (Wildman–Crippen LogP) is 2.52. The number of para-hydroxylation sites is 2. The number of hydrogen-bond donors (Lipinski definition) is 1. The lowest BCUT2D eigenvalue weighted by Gasteiger charge is -2.37. The fraction of sp³-hybridized carbons (Fsp3) is 0.364. The molecule has 1 fully saturated rings. The van der Waals surface area contributed by atoms with Crippen molar-refractivity contribution >= 4 is 17.6 Å². The number of carbonyl (C=O) groups is 2. The number of hydrogen-bond acceptors (Lipinski definition) is 5. The summed E-state index contributed by atoms with van der Waals surface area (Å²) in [5.41, 5.74) is 1.66. The highest BCUT2D eigenvalue weighted by atomic mass is 16.6. The Morgan fingerprint density at radius 1 is 1.03 bits per heavy atom. The Morgan fingerprint density at radius 3 is 2.47 bits per heavy atom. The number of rotatable bonds is 3. The van der Waals surface area contributed by atoms with E-state index in [1.54, 1.807) is 23.0 Å².